The lowest BCUT2D eigenvalue weighted by atomic mass is 10.1. The number of nitrogens with one attached hydrogen (secondary N) is 2. The average Bonchev–Trinajstić information content (AvgIpc) is 2.80. The molecule has 0 aliphatic heterocycles. The normalized spacial score (nSPS) is 10.6. The number of anilines is 1. The molecule has 2 N–H and O–H groups in total. The molecule has 32 heavy (non-hydrogen) atoms. The minimum atomic E-state index is -0.270. The Balaban J connectivity index is 1.53. The molecular weight excluding hydrogens is 406 g/mol. The number of carbonyl (C=O) groups is 2. The molecule has 0 spiro atoms. The second-order valence-electron chi connectivity index (χ2n) is 7.02. The van der Waals surface area contributed by atoms with Crippen LogP contribution in [0.2, 0.25) is 0 Å². The Kier molecular flexibility index (Phi) is 7.97. The molecule has 0 unspecified atom stereocenters. The summed E-state index contributed by atoms with van der Waals surface area (Å²) in [5.41, 5.74) is 5.84. The topological polar surface area (TPSA) is 89.0 Å². The summed E-state index contributed by atoms with van der Waals surface area (Å²) in [5, 5.41) is 6.81. The van der Waals surface area contributed by atoms with E-state index in [0.717, 1.165) is 16.8 Å². The van der Waals surface area contributed by atoms with Crippen molar-refractivity contribution < 1.29 is 19.1 Å². The highest BCUT2D eigenvalue weighted by molar-refractivity contribution is 5.92. The van der Waals surface area contributed by atoms with Gasteiger partial charge in [0.15, 0.2) is 18.1 Å². The van der Waals surface area contributed by atoms with Gasteiger partial charge in [0.05, 0.1) is 19.7 Å². The van der Waals surface area contributed by atoms with E-state index < -0.39 is 0 Å². The van der Waals surface area contributed by atoms with Gasteiger partial charge < -0.3 is 14.8 Å². The highest BCUT2D eigenvalue weighted by atomic mass is 16.5. The third-order valence-electron chi connectivity index (χ3n) is 4.58. The summed E-state index contributed by atoms with van der Waals surface area (Å²) >= 11 is 0. The predicted molar refractivity (Wildman–Crippen MR) is 124 cm³/mol. The molecule has 0 saturated heterocycles. The maximum atomic E-state index is 12.2. The average molecular weight is 431 g/mol. The van der Waals surface area contributed by atoms with Crippen LogP contribution in [0.25, 0.3) is 0 Å². The number of hydrogen-bond donors (Lipinski definition) is 2. The molecule has 7 heteroatoms. The molecule has 0 atom stereocenters. The highest BCUT2D eigenvalue weighted by Crippen LogP contribution is 2.27. The van der Waals surface area contributed by atoms with Gasteiger partial charge in [-0.3, -0.25) is 9.59 Å². The van der Waals surface area contributed by atoms with E-state index in [2.05, 4.69) is 15.8 Å². The summed E-state index contributed by atoms with van der Waals surface area (Å²) in [6.45, 7) is 1.76. The second kappa shape index (κ2) is 11.3. The quantitative estimate of drug-likeness (QED) is 0.399. The molecule has 0 heterocycles. The zero-order valence-electron chi connectivity index (χ0n) is 18.0. The van der Waals surface area contributed by atoms with E-state index in [1.165, 1.54) is 13.3 Å². The number of hydrazone groups is 1. The van der Waals surface area contributed by atoms with E-state index in [0.29, 0.717) is 17.1 Å². The van der Waals surface area contributed by atoms with E-state index in [9.17, 15) is 9.59 Å². The fourth-order valence-corrected chi connectivity index (χ4v) is 2.93. The van der Waals surface area contributed by atoms with E-state index >= 15 is 0 Å². The Morgan fingerprint density at radius 3 is 2.44 bits per heavy atom. The van der Waals surface area contributed by atoms with Gasteiger partial charge in [0.1, 0.15) is 0 Å². The summed E-state index contributed by atoms with van der Waals surface area (Å²) in [6, 6.07) is 22.1. The zero-order valence-corrected chi connectivity index (χ0v) is 18.0. The van der Waals surface area contributed by atoms with Gasteiger partial charge in [-0.25, -0.2) is 5.43 Å². The first-order valence-electron chi connectivity index (χ1n) is 10.1. The van der Waals surface area contributed by atoms with Crippen molar-refractivity contribution in [3.8, 4) is 11.5 Å². The van der Waals surface area contributed by atoms with Gasteiger partial charge in [0.2, 0.25) is 5.91 Å². The summed E-state index contributed by atoms with van der Waals surface area (Å²) in [6.07, 6.45) is 1.76. The number of amides is 2. The molecule has 0 fully saturated rings. The maximum Gasteiger partial charge on any atom is 0.262 e. The summed E-state index contributed by atoms with van der Waals surface area (Å²) in [5.74, 6) is 0.401. The van der Waals surface area contributed by atoms with Gasteiger partial charge >= 0.3 is 0 Å². The van der Waals surface area contributed by atoms with Gasteiger partial charge in [-0.05, 0) is 47.9 Å². The van der Waals surface area contributed by atoms with Crippen molar-refractivity contribution in [2.75, 3.05) is 19.0 Å². The van der Waals surface area contributed by atoms with Crippen LogP contribution in [-0.4, -0.2) is 31.7 Å². The molecule has 3 rings (SSSR count). The molecule has 3 aromatic rings. The van der Waals surface area contributed by atoms with Gasteiger partial charge in [0, 0.05) is 5.69 Å². The van der Waals surface area contributed by atoms with Crippen molar-refractivity contribution in [3.63, 3.8) is 0 Å². The minimum Gasteiger partial charge on any atom is -0.493 e. The lowest BCUT2D eigenvalue weighted by Gasteiger charge is -2.12. The van der Waals surface area contributed by atoms with Crippen molar-refractivity contribution in [3.05, 3.63) is 89.5 Å². The fourth-order valence-electron chi connectivity index (χ4n) is 2.93. The monoisotopic (exact) mass is 431 g/mol. The van der Waals surface area contributed by atoms with Gasteiger partial charge in [-0.1, -0.05) is 48.5 Å². The highest BCUT2D eigenvalue weighted by Gasteiger charge is 2.10. The first-order chi connectivity index (χ1) is 15.5. The SMILES string of the molecule is COc1cc(/C=N/NC(=O)Cc2ccccc2)ccc1OCC(=O)Nc1ccccc1C. The molecular formula is C25H25N3O4. The van der Waals surface area contributed by atoms with Gasteiger partial charge in [0.25, 0.3) is 5.91 Å². The number of rotatable bonds is 9. The summed E-state index contributed by atoms with van der Waals surface area (Å²) in [4.78, 5) is 24.2. The molecule has 0 radical (unpaired) electrons. The van der Waals surface area contributed by atoms with Crippen LogP contribution in [0.3, 0.4) is 0 Å². The van der Waals surface area contributed by atoms with Crippen LogP contribution in [0.1, 0.15) is 16.7 Å². The van der Waals surface area contributed by atoms with E-state index in [4.69, 9.17) is 9.47 Å². The predicted octanol–water partition coefficient (Wildman–Crippen LogP) is 3.71. The number of methoxy groups -OCH3 is 1. The van der Waals surface area contributed by atoms with E-state index in [-0.39, 0.29) is 24.8 Å². The number of ether oxygens (including phenoxy) is 2. The Labute approximate surface area is 187 Å². The zero-order chi connectivity index (χ0) is 22.8. The summed E-state index contributed by atoms with van der Waals surface area (Å²) < 4.78 is 11.0. The van der Waals surface area contributed by atoms with Crippen LogP contribution in [0.4, 0.5) is 5.69 Å². The van der Waals surface area contributed by atoms with Gasteiger partial charge in [-0.2, -0.15) is 5.10 Å². The molecule has 0 saturated carbocycles. The molecule has 7 nitrogen and oxygen atoms in total. The second-order valence-corrected chi connectivity index (χ2v) is 7.02. The van der Waals surface area contributed by atoms with Crippen LogP contribution < -0.4 is 20.2 Å². The molecule has 0 aliphatic rings. The van der Waals surface area contributed by atoms with Crippen molar-refractivity contribution in [2.45, 2.75) is 13.3 Å². The Morgan fingerprint density at radius 1 is 0.938 bits per heavy atom. The van der Waals surface area contributed by atoms with Crippen LogP contribution in [-0.2, 0) is 16.0 Å². The van der Waals surface area contributed by atoms with Crippen molar-refractivity contribution in [1.29, 1.82) is 0 Å². The first kappa shape index (κ1) is 22.6. The molecule has 0 aromatic heterocycles. The third kappa shape index (κ3) is 6.70. The molecule has 2 amide bonds. The van der Waals surface area contributed by atoms with Crippen molar-refractivity contribution in [1.82, 2.24) is 5.43 Å². The third-order valence-corrected chi connectivity index (χ3v) is 4.58. The Hall–Kier alpha value is -4.13. The fraction of sp³-hybridized carbons (Fsp3) is 0.160. The molecule has 0 bridgehead atoms. The lowest BCUT2D eigenvalue weighted by molar-refractivity contribution is -0.120. The maximum absolute atomic E-state index is 12.2. The van der Waals surface area contributed by atoms with E-state index in [1.807, 2.05) is 61.5 Å². The van der Waals surface area contributed by atoms with E-state index in [1.54, 1.807) is 18.2 Å². The smallest absolute Gasteiger partial charge is 0.262 e. The molecule has 0 aliphatic carbocycles. The summed E-state index contributed by atoms with van der Waals surface area (Å²) in [7, 11) is 1.51. The van der Waals surface area contributed by atoms with Crippen LogP contribution in [0.5, 0.6) is 11.5 Å². The van der Waals surface area contributed by atoms with Crippen molar-refractivity contribution in [2.24, 2.45) is 5.10 Å². The van der Waals surface area contributed by atoms with Gasteiger partial charge in [-0.15, -0.1) is 0 Å². The Morgan fingerprint density at radius 2 is 1.69 bits per heavy atom. The number of nitrogens with zero attached hydrogens (tertiary/aromatic N) is 1. The standard InChI is InChI=1S/C25H25N3O4/c1-18-8-6-7-11-21(18)27-25(30)17-32-22-13-12-20(14-23(22)31-2)16-26-28-24(29)15-19-9-4-3-5-10-19/h3-14,16H,15,17H2,1-2H3,(H,27,30)(H,28,29)/b26-16+. The minimum absolute atomic E-state index is 0.159. The number of para-hydroxylation sites is 1. The molecule has 3 aromatic carbocycles. The van der Waals surface area contributed by atoms with Crippen LogP contribution in [0, 0.1) is 6.92 Å². The van der Waals surface area contributed by atoms with Crippen LogP contribution >= 0.6 is 0 Å². The lowest BCUT2D eigenvalue weighted by Crippen LogP contribution is -2.20. The first-order valence-corrected chi connectivity index (χ1v) is 10.1. The number of hydrogen-bond acceptors (Lipinski definition) is 5. The number of carbonyl (C=O) groups excluding carboxylic acids is 2. The number of aryl methyl sites for hydroxylation is 1. The van der Waals surface area contributed by atoms with Crippen molar-refractivity contribution >= 4 is 23.7 Å². The largest absolute Gasteiger partial charge is 0.493 e. The molecule has 164 valence electrons. The Bertz CT molecular complexity index is 1100. The number of benzene rings is 3. The van der Waals surface area contributed by atoms with Crippen LogP contribution in [0.15, 0.2) is 77.9 Å².